The molecule has 1 aromatic carbocycles. The van der Waals surface area contributed by atoms with E-state index in [1.165, 1.54) is 6.07 Å². The standard InChI is InChI=1S/C12H16F3NO/c13-12(14,15)11-3-1-2-9(7-11)6-10(8-16)4-5-17/h1-3,7,10,17H,4-6,8,16H2. The number of aliphatic hydroxyl groups is 1. The van der Waals surface area contributed by atoms with Gasteiger partial charge in [0.15, 0.2) is 0 Å². The Morgan fingerprint density at radius 2 is 2.00 bits per heavy atom. The smallest absolute Gasteiger partial charge is 0.396 e. The topological polar surface area (TPSA) is 46.2 Å². The number of alkyl halides is 3. The van der Waals surface area contributed by atoms with E-state index < -0.39 is 11.7 Å². The van der Waals surface area contributed by atoms with E-state index in [-0.39, 0.29) is 12.5 Å². The molecule has 0 heterocycles. The predicted molar refractivity (Wildman–Crippen MR) is 59.4 cm³/mol. The molecular weight excluding hydrogens is 231 g/mol. The summed E-state index contributed by atoms with van der Waals surface area (Å²) < 4.78 is 37.4. The molecule has 1 rings (SSSR count). The molecule has 96 valence electrons. The highest BCUT2D eigenvalue weighted by atomic mass is 19.4. The Bertz CT molecular complexity index is 352. The summed E-state index contributed by atoms with van der Waals surface area (Å²) in [6.45, 7) is 0.359. The first-order valence-electron chi connectivity index (χ1n) is 5.44. The van der Waals surface area contributed by atoms with Crippen LogP contribution in [0, 0.1) is 5.92 Å². The van der Waals surface area contributed by atoms with Crippen LogP contribution in [0.4, 0.5) is 13.2 Å². The zero-order chi connectivity index (χ0) is 12.9. The number of rotatable bonds is 5. The van der Waals surface area contributed by atoms with Gasteiger partial charge in [-0.1, -0.05) is 18.2 Å². The molecule has 17 heavy (non-hydrogen) atoms. The fourth-order valence-electron chi connectivity index (χ4n) is 1.69. The van der Waals surface area contributed by atoms with Crippen molar-refractivity contribution in [2.45, 2.75) is 19.0 Å². The van der Waals surface area contributed by atoms with Crippen molar-refractivity contribution in [2.24, 2.45) is 11.7 Å². The Morgan fingerprint density at radius 1 is 1.29 bits per heavy atom. The molecule has 3 N–H and O–H groups in total. The van der Waals surface area contributed by atoms with Gasteiger partial charge >= 0.3 is 6.18 Å². The number of aliphatic hydroxyl groups excluding tert-OH is 1. The first-order chi connectivity index (χ1) is 7.97. The minimum absolute atomic E-state index is 0.000822. The second-order valence-corrected chi connectivity index (χ2v) is 4.02. The third-order valence-corrected chi connectivity index (χ3v) is 2.65. The Morgan fingerprint density at radius 3 is 2.53 bits per heavy atom. The molecule has 0 aliphatic heterocycles. The van der Waals surface area contributed by atoms with E-state index in [1.807, 2.05) is 0 Å². The van der Waals surface area contributed by atoms with Crippen LogP contribution >= 0.6 is 0 Å². The van der Waals surface area contributed by atoms with Crippen molar-refractivity contribution in [1.82, 2.24) is 0 Å². The average Bonchev–Trinajstić information content (AvgIpc) is 2.28. The minimum atomic E-state index is -4.31. The second-order valence-electron chi connectivity index (χ2n) is 4.02. The molecular formula is C12H16F3NO. The Balaban J connectivity index is 2.78. The Hall–Kier alpha value is -1.07. The fourth-order valence-corrected chi connectivity index (χ4v) is 1.69. The van der Waals surface area contributed by atoms with E-state index in [1.54, 1.807) is 6.07 Å². The summed E-state index contributed by atoms with van der Waals surface area (Å²) in [5.41, 5.74) is 5.45. The van der Waals surface area contributed by atoms with Gasteiger partial charge in [-0.05, 0) is 36.9 Å². The van der Waals surface area contributed by atoms with Gasteiger partial charge in [0.1, 0.15) is 0 Å². The maximum absolute atomic E-state index is 12.5. The molecule has 0 fully saturated rings. The average molecular weight is 247 g/mol. The van der Waals surface area contributed by atoms with E-state index in [2.05, 4.69) is 0 Å². The quantitative estimate of drug-likeness (QED) is 0.838. The molecule has 0 aromatic heterocycles. The van der Waals surface area contributed by atoms with E-state index in [0.29, 0.717) is 24.9 Å². The molecule has 0 bridgehead atoms. The SMILES string of the molecule is NCC(CCO)Cc1cccc(C(F)(F)F)c1. The van der Waals surface area contributed by atoms with Crippen molar-refractivity contribution in [3.05, 3.63) is 35.4 Å². The van der Waals surface area contributed by atoms with Crippen LogP contribution in [0.5, 0.6) is 0 Å². The molecule has 0 saturated heterocycles. The summed E-state index contributed by atoms with van der Waals surface area (Å²) in [5.74, 6) is 0.0171. The van der Waals surface area contributed by atoms with Crippen molar-refractivity contribution in [3.63, 3.8) is 0 Å². The van der Waals surface area contributed by atoms with Crippen LogP contribution in [0.1, 0.15) is 17.5 Å². The molecule has 2 nitrogen and oxygen atoms in total. The summed E-state index contributed by atoms with van der Waals surface area (Å²) in [7, 11) is 0. The van der Waals surface area contributed by atoms with Gasteiger partial charge in [-0.25, -0.2) is 0 Å². The Kier molecular flexibility index (Phi) is 4.96. The summed E-state index contributed by atoms with van der Waals surface area (Å²) in [6, 6.07) is 5.23. The van der Waals surface area contributed by atoms with Crippen molar-refractivity contribution >= 4 is 0 Å². The van der Waals surface area contributed by atoms with Gasteiger partial charge < -0.3 is 10.8 Å². The lowest BCUT2D eigenvalue weighted by molar-refractivity contribution is -0.137. The predicted octanol–water partition coefficient (Wildman–Crippen LogP) is 2.21. The lowest BCUT2D eigenvalue weighted by Crippen LogP contribution is -2.18. The summed E-state index contributed by atoms with van der Waals surface area (Å²) in [5, 5.41) is 8.79. The van der Waals surface area contributed by atoms with Crippen LogP contribution in [0.25, 0.3) is 0 Å². The number of hydrogen-bond acceptors (Lipinski definition) is 2. The highest BCUT2D eigenvalue weighted by Crippen LogP contribution is 2.30. The zero-order valence-corrected chi connectivity index (χ0v) is 9.37. The first kappa shape index (κ1) is 14.0. The van der Waals surface area contributed by atoms with Crippen molar-refractivity contribution in [3.8, 4) is 0 Å². The largest absolute Gasteiger partial charge is 0.416 e. The van der Waals surface area contributed by atoms with Crippen LogP contribution in [0.2, 0.25) is 0 Å². The van der Waals surface area contributed by atoms with Crippen LogP contribution in [0.15, 0.2) is 24.3 Å². The number of halogens is 3. The van der Waals surface area contributed by atoms with Crippen molar-refractivity contribution in [2.75, 3.05) is 13.2 Å². The Labute approximate surface area is 98.3 Å². The summed E-state index contributed by atoms with van der Waals surface area (Å²) in [4.78, 5) is 0. The molecule has 0 radical (unpaired) electrons. The van der Waals surface area contributed by atoms with Gasteiger partial charge in [0.25, 0.3) is 0 Å². The highest BCUT2D eigenvalue weighted by Gasteiger charge is 2.30. The van der Waals surface area contributed by atoms with E-state index in [4.69, 9.17) is 10.8 Å². The maximum Gasteiger partial charge on any atom is 0.416 e. The molecule has 0 amide bonds. The maximum atomic E-state index is 12.5. The molecule has 0 spiro atoms. The van der Waals surface area contributed by atoms with Crippen LogP contribution in [-0.4, -0.2) is 18.3 Å². The fraction of sp³-hybridized carbons (Fsp3) is 0.500. The molecule has 1 atom stereocenters. The second kappa shape index (κ2) is 6.02. The van der Waals surface area contributed by atoms with Crippen LogP contribution in [0.3, 0.4) is 0 Å². The number of benzene rings is 1. The highest BCUT2D eigenvalue weighted by molar-refractivity contribution is 5.26. The van der Waals surface area contributed by atoms with E-state index >= 15 is 0 Å². The molecule has 0 aliphatic rings. The van der Waals surface area contributed by atoms with Crippen LogP contribution < -0.4 is 5.73 Å². The lowest BCUT2D eigenvalue weighted by Gasteiger charge is -2.14. The van der Waals surface area contributed by atoms with Crippen molar-refractivity contribution < 1.29 is 18.3 Å². The van der Waals surface area contributed by atoms with Gasteiger partial charge in [0.05, 0.1) is 5.56 Å². The van der Waals surface area contributed by atoms with Gasteiger partial charge in [0.2, 0.25) is 0 Å². The third kappa shape index (κ3) is 4.36. The molecule has 5 heteroatoms. The first-order valence-corrected chi connectivity index (χ1v) is 5.44. The van der Waals surface area contributed by atoms with E-state index in [9.17, 15) is 13.2 Å². The normalized spacial score (nSPS) is 13.7. The van der Waals surface area contributed by atoms with E-state index in [0.717, 1.165) is 12.1 Å². The molecule has 1 aromatic rings. The summed E-state index contributed by atoms with van der Waals surface area (Å²) in [6.07, 6.45) is -3.35. The van der Waals surface area contributed by atoms with Crippen LogP contribution in [-0.2, 0) is 12.6 Å². The zero-order valence-electron chi connectivity index (χ0n) is 9.37. The molecule has 1 unspecified atom stereocenters. The van der Waals surface area contributed by atoms with Gasteiger partial charge in [-0.3, -0.25) is 0 Å². The molecule has 0 saturated carbocycles. The lowest BCUT2D eigenvalue weighted by atomic mass is 9.95. The third-order valence-electron chi connectivity index (χ3n) is 2.65. The van der Waals surface area contributed by atoms with Gasteiger partial charge in [0, 0.05) is 6.61 Å². The van der Waals surface area contributed by atoms with Crippen molar-refractivity contribution in [1.29, 1.82) is 0 Å². The minimum Gasteiger partial charge on any atom is -0.396 e. The monoisotopic (exact) mass is 247 g/mol. The van der Waals surface area contributed by atoms with Gasteiger partial charge in [-0.2, -0.15) is 13.2 Å². The number of nitrogens with two attached hydrogens (primary N) is 1. The number of hydrogen-bond donors (Lipinski definition) is 2. The van der Waals surface area contributed by atoms with Gasteiger partial charge in [-0.15, -0.1) is 0 Å². The molecule has 0 aliphatic carbocycles. The summed E-state index contributed by atoms with van der Waals surface area (Å²) >= 11 is 0.